The third-order valence-corrected chi connectivity index (χ3v) is 2.68. The van der Waals surface area contributed by atoms with E-state index in [2.05, 4.69) is 10.5 Å². The molecule has 1 unspecified atom stereocenters. The zero-order valence-corrected chi connectivity index (χ0v) is 8.77. The van der Waals surface area contributed by atoms with Crippen molar-refractivity contribution in [2.45, 2.75) is 18.9 Å². The summed E-state index contributed by atoms with van der Waals surface area (Å²) in [7, 11) is 0. The van der Waals surface area contributed by atoms with Crippen molar-refractivity contribution in [3.63, 3.8) is 0 Å². The van der Waals surface area contributed by atoms with Crippen molar-refractivity contribution < 1.29 is 15.1 Å². The number of carbonyl (C=O) groups is 1. The molecule has 1 aromatic carbocycles. The number of benzene rings is 1. The maximum atomic E-state index is 11.7. The van der Waals surface area contributed by atoms with E-state index in [1.807, 2.05) is 0 Å². The van der Waals surface area contributed by atoms with Crippen molar-refractivity contribution in [2.75, 3.05) is 5.32 Å². The van der Waals surface area contributed by atoms with Gasteiger partial charge in [0, 0.05) is 17.7 Å². The van der Waals surface area contributed by atoms with Crippen LogP contribution in [-0.4, -0.2) is 21.9 Å². The van der Waals surface area contributed by atoms with Crippen molar-refractivity contribution in [1.29, 1.82) is 0 Å². The average Bonchev–Trinajstić information content (AvgIpc) is 2.52. The Kier molecular flexibility index (Phi) is 2.40. The molecule has 1 amide bonds. The fourth-order valence-corrected chi connectivity index (χ4v) is 1.88. The number of para-hydroxylation sites is 1. The van der Waals surface area contributed by atoms with Gasteiger partial charge in [-0.05, 0) is 13.0 Å². The van der Waals surface area contributed by atoms with Gasteiger partial charge < -0.3 is 15.6 Å². The molecule has 1 atom stereocenters. The molecule has 5 nitrogen and oxygen atoms in total. The standard InChI is InChI=1S/C11H12N2O3/c1-7(13-16)6-11(15)8-4-2-3-5-9(8)12-10(11)14/h2-5,15-16H,6H2,1H3,(H,12,14)/b13-7-. The van der Waals surface area contributed by atoms with Crippen LogP contribution >= 0.6 is 0 Å². The first kappa shape index (κ1) is 10.6. The van der Waals surface area contributed by atoms with Gasteiger partial charge in [-0.3, -0.25) is 4.79 Å². The Labute approximate surface area is 92.4 Å². The highest BCUT2D eigenvalue weighted by atomic mass is 16.4. The minimum Gasteiger partial charge on any atom is -0.411 e. The molecule has 0 bridgehead atoms. The van der Waals surface area contributed by atoms with E-state index in [0.717, 1.165) is 0 Å². The number of fused-ring (bicyclic) bond motifs is 1. The molecule has 0 fully saturated rings. The summed E-state index contributed by atoms with van der Waals surface area (Å²) in [5, 5.41) is 24.5. The highest BCUT2D eigenvalue weighted by Gasteiger charge is 2.45. The van der Waals surface area contributed by atoms with Crippen molar-refractivity contribution >= 4 is 17.3 Å². The number of carbonyl (C=O) groups excluding carboxylic acids is 1. The van der Waals surface area contributed by atoms with Crippen LogP contribution in [0.2, 0.25) is 0 Å². The van der Waals surface area contributed by atoms with Crippen molar-refractivity contribution in [1.82, 2.24) is 0 Å². The summed E-state index contributed by atoms with van der Waals surface area (Å²) < 4.78 is 0. The van der Waals surface area contributed by atoms with Crippen molar-refractivity contribution in [3.05, 3.63) is 29.8 Å². The number of amides is 1. The maximum absolute atomic E-state index is 11.7. The molecule has 0 saturated carbocycles. The van der Waals surface area contributed by atoms with Gasteiger partial charge in [-0.15, -0.1) is 0 Å². The van der Waals surface area contributed by atoms with Crippen LogP contribution in [0.3, 0.4) is 0 Å². The summed E-state index contributed by atoms with van der Waals surface area (Å²) in [5.41, 5.74) is -0.217. The van der Waals surface area contributed by atoms with Crippen LogP contribution in [0.5, 0.6) is 0 Å². The van der Waals surface area contributed by atoms with Crippen LogP contribution in [0.1, 0.15) is 18.9 Å². The highest BCUT2D eigenvalue weighted by molar-refractivity contribution is 6.07. The number of rotatable bonds is 2. The summed E-state index contributed by atoms with van der Waals surface area (Å²) in [6.07, 6.45) is -0.0215. The van der Waals surface area contributed by atoms with Crippen molar-refractivity contribution in [3.8, 4) is 0 Å². The van der Waals surface area contributed by atoms with Crippen LogP contribution in [0.25, 0.3) is 0 Å². The number of oxime groups is 1. The van der Waals surface area contributed by atoms with E-state index in [9.17, 15) is 9.90 Å². The number of hydrogen-bond donors (Lipinski definition) is 3. The Balaban J connectivity index is 2.44. The fraction of sp³-hybridized carbons (Fsp3) is 0.273. The van der Waals surface area contributed by atoms with Gasteiger partial charge in [0.2, 0.25) is 0 Å². The number of hydrogen-bond acceptors (Lipinski definition) is 4. The Morgan fingerprint density at radius 1 is 1.50 bits per heavy atom. The topological polar surface area (TPSA) is 81.9 Å². The molecule has 0 radical (unpaired) electrons. The fourth-order valence-electron chi connectivity index (χ4n) is 1.88. The Bertz CT molecular complexity index is 470. The molecule has 0 aliphatic carbocycles. The summed E-state index contributed by atoms with van der Waals surface area (Å²) in [5.74, 6) is -0.489. The molecule has 2 rings (SSSR count). The molecule has 1 aliphatic rings. The molecule has 1 aliphatic heterocycles. The second-order valence-electron chi connectivity index (χ2n) is 3.87. The number of nitrogens with zero attached hydrogens (tertiary/aromatic N) is 1. The first-order chi connectivity index (χ1) is 7.58. The maximum Gasteiger partial charge on any atom is 0.261 e. The van der Waals surface area contributed by atoms with E-state index in [1.54, 1.807) is 31.2 Å². The lowest BCUT2D eigenvalue weighted by atomic mass is 9.90. The van der Waals surface area contributed by atoms with Crippen LogP contribution in [-0.2, 0) is 10.4 Å². The molecule has 0 saturated heterocycles. The Hall–Kier alpha value is -1.88. The van der Waals surface area contributed by atoms with Gasteiger partial charge in [0.15, 0.2) is 5.60 Å². The largest absolute Gasteiger partial charge is 0.411 e. The Morgan fingerprint density at radius 2 is 2.19 bits per heavy atom. The first-order valence-electron chi connectivity index (χ1n) is 4.89. The van der Waals surface area contributed by atoms with Gasteiger partial charge in [0.25, 0.3) is 5.91 Å². The lowest BCUT2D eigenvalue weighted by molar-refractivity contribution is -0.132. The van der Waals surface area contributed by atoms with Gasteiger partial charge in [-0.2, -0.15) is 0 Å². The zero-order valence-electron chi connectivity index (χ0n) is 8.77. The number of aliphatic hydroxyl groups is 1. The second kappa shape index (κ2) is 3.61. The number of nitrogens with one attached hydrogen (secondary N) is 1. The molecule has 0 spiro atoms. The average molecular weight is 220 g/mol. The van der Waals surface area contributed by atoms with Gasteiger partial charge in [0.1, 0.15) is 0 Å². The quantitative estimate of drug-likeness (QED) is 0.396. The molecule has 16 heavy (non-hydrogen) atoms. The summed E-state index contributed by atoms with van der Waals surface area (Å²) in [4.78, 5) is 11.7. The zero-order chi connectivity index (χ0) is 11.8. The van der Waals surface area contributed by atoms with Crippen LogP contribution in [0, 0.1) is 0 Å². The third kappa shape index (κ3) is 1.45. The smallest absolute Gasteiger partial charge is 0.261 e. The van der Waals surface area contributed by atoms with Gasteiger partial charge in [-0.1, -0.05) is 23.4 Å². The Morgan fingerprint density at radius 3 is 2.88 bits per heavy atom. The van der Waals surface area contributed by atoms with E-state index in [1.165, 1.54) is 0 Å². The predicted molar refractivity (Wildman–Crippen MR) is 58.5 cm³/mol. The molecule has 1 heterocycles. The predicted octanol–water partition coefficient (Wildman–Crippen LogP) is 1.07. The van der Waals surface area contributed by atoms with E-state index in [0.29, 0.717) is 17.0 Å². The minimum absolute atomic E-state index is 0.0215. The normalized spacial score (nSPS) is 24.1. The van der Waals surface area contributed by atoms with E-state index in [4.69, 9.17) is 5.21 Å². The van der Waals surface area contributed by atoms with E-state index >= 15 is 0 Å². The summed E-state index contributed by atoms with van der Waals surface area (Å²) in [6, 6.07) is 6.92. The lowest BCUT2D eigenvalue weighted by Crippen LogP contribution is -2.36. The van der Waals surface area contributed by atoms with Gasteiger partial charge in [-0.25, -0.2) is 0 Å². The highest BCUT2D eigenvalue weighted by Crippen LogP contribution is 2.38. The minimum atomic E-state index is -1.63. The molecule has 0 aromatic heterocycles. The SMILES string of the molecule is C/C(CC1(O)C(=O)Nc2ccccc21)=N/O. The molecular weight excluding hydrogens is 208 g/mol. The second-order valence-corrected chi connectivity index (χ2v) is 3.87. The van der Waals surface area contributed by atoms with Crippen LogP contribution in [0.15, 0.2) is 29.4 Å². The lowest BCUT2D eigenvalue weighted by Gasteiger charge is -2.19. The van der Waals surface area contributed by atoms with Gasteiger partial charge >= 0.3 is 0 Å². The third-order valence-electron chi connectivity index (χ3n) is 2.68. The molecular formula is C11H12N2O3. The monoisotopic (exact) mass is 220 g/mol. The molecule has 84 valence electrons. The van der Waals surface area contributed by atoms with E-state index < -0.39 is 11.5 Å². The van der Waals surface area contributed by atoms with Crippen LogP contribution in [0.4, 0.5) is 5.69 Å². The molecule has 3 N–H and O–H groups in total. The van der Waals surface area contributed by atoms with Crippen LogP contribution < -0.4 is 5.32 Å². The number of anilines is 1. The summed E-state index contributed by atoms with van der Waals surface area (Å²) >= 11 is 0. The molecule has 1 aromatic rings. The summed E-state index contributed by atoms with van der Waals surface area (Å²) in [6.45, 7) is 1.55. The van der Waals surface area contributed by atoms with Gasteiger partial charge in [0.05, 0.1) is 5.71 Å². The van der Waals surface area contributed by atoms with Crippen molar-refractivity contribution in [2.24, 2.45) is 5.16 Å². The molecule has 5 heteroatoms. The van der Waals surface area contributed by atoms with E-state index in [-0.39, 0.29) is 6.42 Å². The first-order valence-corrected chi connectivity index (χ1v) is 4.89.